The van der Waals surface area contributed by atoms with Crippen LogP contribution in [0.2, 0.25) is 0 Å². The van der Waals surface area contributed by atoms with Gasteiger partial charge in [-0.05, 0) is 26.2 Å². The van der Waals surface area contributed by atoms with Gasteiger partial charge in [-0.1, -0.05) is 83.5 Å². The summed E-state index contributed by atoms with van der Waals surface area (Å²) in [5, 5.41) is 8.61. The second-order valence-corrected chi connectivity index (χ2v) is 8.97. The Hall–Kier alpha value is -0.120. The maximum Gasteiger partial charge on any atom is 0.0782 e. The highest BCUT2D eigenvalue weighted by Gasteiger charge is 2.09. The van der Waals surface area contributed by atoms with Gasteiger partial charge in [0.2, 0.25) is 0 Å². The topological polar surface area (TPSA) is 29.5 Å². The lowest BCUT2D eigenvalue weighted by atomic mass is 10.0. The Morgan fingerprint density at radius 3 is 1.30 bits per heavy atom. The van der Waals surface area contributed by atoms with Gasteiger partial charge in [-0.2, -0.15) is 0 Å². The van der Waals surface area contributed by atoms with Gasteiger partial charge in [-0.15, -0.1) is 0 Å². The van der Waals surface area contributed by atoms with Gasteiger partial charge in [0.05, 0.1) is 40.4 Å². The third kappa shape index (κ3) is 22.0. The van der Waals surface area contributed by atoms with Crippen LogP contribution in [0.4, 0.5) is 0 Å². The van der Waals surface area contributed by atoms with Crippen LogP contribution < -0.4 is 0 Å². The number of ether oxygens (including phenoxy) is 1. The van der Waals surface area contributed by atoms with E-state index in [1.807, 2.05) is 0 Å². The van der Waals surface area contributed by atoms with E-state index >= 15 is 0 Å². The fraction of sp³-hybridized carbons (Fsp3) is 1.00. The van der Waals surface area contributed by atoms with E-state index in [-0.39, 0.29) is 6.61 Å². The van der Waals surface area contributed by atoms with Crippen molar-refractivity contribution in [3.8, 4) is 0 Å². The van der Waals surface area contributed by atoms with Crippen LogP contribution in [0.1, 0.15) is 110 Å². The maximum absolute atomic E-state index is 8.61. The van der Waals surface area contributed by atoms with Gasteiger partial charge < -0.3 is 14.3 Å². The molecule has 0 heterocycles. The molecule has 3 heteroatoms. The van der Waals surface area contributed by atoms with Gasteiger partial charge in [-0.3, -0.25) is 0 Å². The highest BCUT2D eigenvalue weighted by molar-refractivity contribution is 4.50. The van der Waals surface area contributed by atoms with Crippen molar-refractivity contribution in [3.05, 3.63) is 0 Å². The van der Waals surface area contributed by atoms with Crippen LogP contribution in [0, 0.1) is 0 Å². The molecule has 1 N–H and O–H groups in total. The zero-order valence-electron chi connectivity index (χ0n) is 19.2. The molecule has 164 valence electrons. The van der Waals surface area contributed by atoms with Gasteiger partial charge in [0, 0.05) is 6.61 Å². The van der Waals surface area contributed by atoms with Crippen LogP contribution in [0.25, 0.3) is 0 Å². The molecule has 0 unspecified atom stereocenters. The molecule has 0 saturated heterocycles. The molecule has 0 aromatic carbocycles. The van der Waals surface area contributed by atoms with Crippen molar-refractivity contribution in [1.29, 1.82) is 0 Å². The lowest BCUT2D eigenvalue weighted by molar-refractivity contribution is -0.888. The summed E-state index contributed by atoms with van der Waals surface area (Å²) >= 11 is 0. The molecule has 0 aliphatic rings. The van der Waals surface area contributed by atoms with Gasteiger partial charge in [-0.25, -0.2) is 0 Å². The zero-order chi connectivity index (χ0) is 20.1. The monoisotopic (exact) mass is 386 g/mol. The van der Waals surface area contributed by atoms with Gasteiger partial charge in [0.15, 0.2) is 0 Å². The molecule has 27 heavy (non-hydrogen) atoms. The van der Waals surface area contributed by atoms with Crippen LogP contribution in [-0.2, 0) is 4.74 Å². The van der Waals surface area contributed by atoms with Crippen molar-refractivity contribution in [2.24, 2.45) is 0 Å². The number of aliphatic hydroxyl groups is 1. The van der Waals surface area contributed by atoms with E-state index in [1.165, 1.54) is 114 Å². The number of quaternary nitrogens is 1. The summed E-state index contributed by atoms with van der Waals surface area (Å²) in [6, 6.07) is 0. The van der Waals surface area contributed by atoms with E-state index in [0.29, 0.717) is 6.61 Å². The molecule has 0 aromatic rings. The Morgan fingerprint density at radius 2 is 0.926 bits per heavy atom. The first-order valence-corrected chi connectivity index (χ1v) is 12.1. The molecule has 0 rings (SSSR count). The summed E-state index contributed by atoms with van der Waals surface area (Å²) in [6.07, 6.45) is 22.4. The first kappa shape index (κ1) is 26.9. The van der Waals surface area contributed by atoms with Crippen molar-refractivity contribution in [3.63, 3.8) is 0 Å². The molecule has 0 saturated carbocycles. The van der Waals surface area contributed by atoms with Crippen molar-refractivity contribution in [2.45, 2.75) is 110 Å². The van der Waals surface area contributed by atoms with Crippen LogP contribution in [0.3, 0.4) is 0 Å². The number of nitrogens with zero attached hydrogens (tertiary/aromatic N) is 1. The molecule has 0 radical (unpaired) electrons. The second kappa shape index (κ2) is 20.6. The summed E-state index contributed by atoms with van der Waals surface area (Å²) < 4.78 is 6.45. The van der Waals surface area contributed by atoms with Crippen molar-refractivity contribution < 1.29 is 14.3 Å². The Kier molecular flexibility index (Phi) is 20.5. The largest absolute Gasteiger partial charge is 0.394 e. The summed E-state index contributed by atoms with van der Waals surface area (Å²) in [7, 11) is 4.69. The zero-order valence-corrected chi connectivity index (χ0v) is 19.2. The second-order valence-electron chi connectivity index (χ2n) is 8.97. The fourth-order valence-electron chi connectivity index (χ4n) is 3.54. The lowest BCUT2D eigenvalue weighted by Gasteiger charge is -2.28. The Balaban J connectivity index is 3.05. The molecule has 0 fully saturated rings. The molecule has 0 aliphatic heterocycles. The number of unbranched alkanes of at least 4 members (excludes halogenated alkanes) is 15. The molecule has 0 amide bonds. The molecule has 0 aromatic heterocycles. The Labute approximate surface area is 171 Å². The molecule has 0 spiro atoms. The number of hydrogen-bond donors (Lipinski definition) is 1. The van der Waals surface area contributed by atoms with Crippen molar-refractivity contribution in [1.82, 2.24) is 0 Å². The molecule has 0 aliphatic carbocycles. The maximum atomic E-state index is 8.61. The van der Waals surface area contributed by atoms with E-state index in [0.717, 1.165) is 13.0 Å². The van der Waals surface area contributed by atoms with Crippen LogP contribution in [0.5, 0.6) is 0 Å². The first-order valence-electron chi connectivity index (χ1n) is 12.1. The van der Waals surface area contributed by atoms with E-state index in [9.17, 15) is 0 Å². The molecular formula is C24H52NO2+. The first-order chi connectivity index (χ1) is 13.1. The molecule has 3 nitrogen and oxygen atoms in total. The summed E-state index contributed by atoms with van der Waals surface area (Å²) in [5.41, 5.74) is 0. The predicted molar refractivity (Wildman–Crippen MR) is 119 cm³/mol. The van der Waals surface area contributed by atoms with E-state index < -0.39 is 0 Å². The highest BCUT2D eigenvalue weighted by atomic mass is 16.5. The van der Waals surface area contributed by atoms with E-state index in [2.05, 4.69) is 21.0 Å². The van der Waals surface area contributed by atoms with Gasteiger partial charge >= 0.3 is 0 Å². The van der Waals surface area contributed by atoms with Crippen molar-refractivity contribution in [2.75, 3.05) is 47.0 Å². The molecular weight excluding hydrogens is 334 g/mol. The van der Waals surface area contributed by atoms with Crippen LogP contribution in [-0.4, -0.2) is 56.6 Å². The quantitative estimate of drug-likeness (QED) is 0.174. The minimum atomic E-state index is 0.150. The minimum absolute atomic E-state index is 0.150. The summed E-state index contributed by atoms with van der Waals surface area (Å²) in [6.45, 7) is 6.35. The van der Waals surface area contributed by atoms with E-state index in [4.69, 9.17) is 9.84 Å². The number of aliphatic hydroxyl groups excluding tert-OH is 1. The van der Waals surface area contributed by atoms with Gasteiger partial charge in [0.25, 0.3) is 0 Å². The highest BCUT2D eigenvalue weighted by Crippen LogP contribution is 2.14. The predicted octanol–water partition coefficient (Wildman–Crippen LogP) is 6.33. The summed E-state index contributed by atoms with van der Waals surface area (Å²) in [5.74, 6) is 0. The SMILES string of the molecule is CC[N+](C)(C)CCCCCCCCCCCCCCCCCCOCCO. The Morgan fingerprint density at radius 1 is 0.556 bits per heavy atom. The smallest absolute Gasteiger partial charge is 0.0782 e. The normalized spacial score (nSPS) is 12.0. The fourth-order valence-corrected chi connectivity index (χ4v) is 3.54. The summed E-state index contributed by atoms with van der Waals surface area (Å²) in [4.78, 5) is 0. The Bertz CT molecular complexity index is 282. The van der Waals surface area contributed by atoms with Gasteiger partial charge in [0.1, 0.15) is 0 Å². The van der Waals surface area contributed by atoms with E-state index in [1.54, 1.807) is 0 Å². The third-order valence-corrected chi connectivity index (χ3v) is 5.89. The number of hydrogen-bond acceptors (Lipinski definition) is 2. The number of rotatable bonds is 22. The molecule has 0 bridgehead atoms. The lowest BCUT2D eigenvalue weighted by Crippen LogP contribution is -2.39. The average molecular weight is 387 g/mol. The van der Waals surface area contributed by atoms with Crippen LogP contribution in [0.15, 0.2) is 0 Å². The minimum Gasteiger partial charge on any atom is -0.394 e. The van der Waals surface area contributed by atoms with Crippen molar-refractivity contribution >= 4 is 0 Å². The third-order valence-electron chi connectivity index (χ3n) is 5.89. The average Bonchev–Trinajstić information content (AvgIpc) is 2.66. The van der Waals surface area contributed by atoms with Crippen LogP contribution >= 0.6 is 0 Å². The molecule has 0 atom stereocenters. The standard InChI is InChI=1S/C24H52NO2/c1-4-25(2,3)21-19-17-15-13-11-9-7-5-6-8-10-12-14-16-18-20-23-27-24-22-26/h26H,4-24H2,1-3H3/q+1.